The SMILES string of the molecule is CCCCCOC(C)C(=O)NN. The molecule has 0 rings (SSSR count). The van der Waals surface area contributed by atoms with Crippen LogP contribution in [0.5, 0.6) is 0 Å². The zero-order valence-electron chi connectivity index (χ0n) is 7.80. The van der Waals surface area contributed by atoms with Gasteiger partial charge in [0, 0.05) is 6.61 Å². The van der Waals surface area contributed by atoms with Crippen molar-refractivity contribution in [2.75, 3.05) is 6.61 Å². The average Bonchev–Trinajstić information content (AvgIpc) is 2.10. The van der Waals surface area contributed by atoms with Crippen LogP contribution in [0.2, 0.25) is 0 Å². The van der Waals surface area contributed by atoms with E-state index < -0.39 is 6.10 Å². The molecule has 0 aromatic carbocycles. The lowest BCUT2D eigenvalue weighted by molar-refractivity contribution is -0.131. The van der Waals surface area contributed by atoms with E-state index in [-0.39, 0.29) is 5.91 Å². The van der Waals surface area contributed by atoms with Crippen molar-refractivity contribution >= 4 is 5.91 Å². The van der Waals surface area contributed by atoms with E-state index in [4.69, 9.17) is 10.6 Å². The predicted molar refractivity (Wildman–Crippen MR) is 47.3 cm³/mol. The number of hydrogen-bond donors (Lipinski definition) is 2. The summed E-state index contributed by atoms with van der Waals surface area (Å²) >= 11 is 0. The van der Waals surface area contributed by atoms with Gasteiger partial charge in [0.1, 0.15) is 6.10 Å². The molecule has 0 saturated heterocycles. The number of nitrogens with two attached hydrogens (primary N) is 1. The third-order valence-electron chi connectivity index (χ3n) is 1.63. The number of carbonyl (C=O) groups excluding carboxylic acids is 1. The fraction of sp³-hybridized carbons (Fsp3) is 0.875. The summed E-state index contributed by atoms with van der Waals surface area (Å²) in [6, 6.07) is 0. The van der Waals surface area contributed by atoms with Gasteiger partial charge in [-0.25, -0.2) is 5.84 Å². The highest BCUT2D eigenvalue weighted by molar-refractivity contribution is 5.79. The van der Waals surface area contributed by atoms with Crippen molar-refractivity contribution in [2.45, 2.75) is 39.2 Å². The van der Waals surface area contributed by atoms with Crippen molar-refractivity contribution in [3.63, 3.8) is 0 Å². The number of hydrogen-bond acceptors (Lipinski definition) is 3. The number of hydrazine groups is 1. The Bertz CT molecular complexity index is 128. The van der Waals surface area contributed by atoms with Crippen molar-refractivity contribution in [3.05, 3.63) is 0 Å². The van der Waals surface area contributed by atoms with Gasteiger partial charge in [0.2, 0.25) is 0 Å². The molecule has 3 N–H and O–H groups in total. The monoisotopic (exact) mass is 174 g/mol. The number of rotatable bonds is 6. The molecule has 0 fully saturated rings. The Morgan fingerprint density at radius 1 is 1.58 bits per heavy atom. The van der Waals surface area contributed by atoms with Crippen molar-refractivity contribution in [1.29, 1.82) is 0 Å². The highest BCUT2D eigenvalue weighted by atomic mass is 16.5. The van der Waals surface area contributed by atoms with Crippen molar-refractivity contribution in [3.8, 4) is 0 Å². The van der Waals surface area contributed by atoms with Gasteiger partial charge in [-0.3, -0.25) is 10.2 Å². The molecule has 72 valence electrons. The summed E-state index contributed by atoms with van der Waals surface area (Å²) in [5, 5.41) is 0. The quantitative estimate of drug-likeness (QED) is 0.268. The van der Waals surface area contributed by atoms with Crippen LogP contribution >= 0.6 is 0 Å². The molecule has 4 heteroatoms. The first kappa shape index (κ1) is 11.4. The topological polar surface area (TPSA) is 64.3 Å². The Hall–Kier alpha value is -0.610. The minimum absolute atomic E-state index is 0.272. The molecule has 0 bridgehead atoms. The molecule has 0 aliphatic carbocycles. The summed E-state index contributed by atoms with van der Waals surface area (Å²) in [6.07, 6.45) is 2.85. The van der Waals surface area contributed by atoms with Gasteiger partial charge in [-0.2, -0.15) is 0 Å². The Balaban J connectivity index is 3.31. The van der Waals surface area contributed by atoms with Crippen LogP contribution in [0.4, 0.5) is 0 Å². The van der Waals surface area contributed by atoms with E-state index in [2.05, 4.69) is 6.92 Å². The van der Waals surface area contributed by atoms with E-state index in [1.165, 1.54) is 0 Å². The number of amides is 1. The van der Waals surface area contributed by atoms with Gasteiger partial charge >= 0.3 is 0 Å². The lowest BCUT2D eigenvalue weighted by Gasteiger charge is -2.10. The maximum absolute atomic E-state index is 10.8. The second kappa shape index (κ2) is 7.06. The molecule has 0 aliphatic heterocycles. The highest BCUT2D eigenvalue weighted by Gasteiger charge is 2.10. The first-order valence-electron chi connectivity index (χ1n) is 4.34. The molecule has 0 radical (unpaired) electrons. The summed E-state index contributed by atoms with van der Waals surface area (Å²) in [5.41, 5.74) is 2.04. The van der Waals surface area contributed by atoms with E-state index in [9.17, 15) is 4.79 Å². The van der Waals surface area contributed by atoms with Gasteiger partial charge in [-0.05, 0) is 13.3 Å². The van der Waals surface area contributed by atoms with E-state index in [1.54, 1.807) is 6.92 Å². The van der Waals surface area contributed by atoms with Crippen LogP contribution < -0.4 is 11.3 Å². The fourth-order valence-corrected chi connectivity index (χ4v) is 0.805. The summed E-state index contributed by atoms with van der Waals surface area (Å²) in [4.78, 5) is 10.8. The lowest BCUT2D eigenvalue weighted by Crippen LogP contribution is -2.39. The van der Waals surface area contributed by atoms with Crippen LogP contribution in [0.1, 0.15) is 33.1 Å². The molecule has 0 saturated carbocycles. The minimum atomic E-state index is -0.438. The molecule has 0 aromatic rings. The van der Waals surface area contributed by atoms with Crippen LogP contribution in [0, 0.1) is 0 Å². The zero-order chi connectivity index (χ0) is 9.40. The lowest BCUT2D eigenvalue weighted by atomic mass is 10.3. The van der Waals surface area contributed by atoms with Gasteiger partial charge < -0.3 is 4.74 Å². The first-order valence-corrected chi connectivity index (χ1v) is 4.34. The number of carbonyl (C=O) groups is 1. The standard InChI is InChI=1S/C8H18N2O2/c1-3-4-5-6-12-7(2)8(11)10-9/h7H,3-6,9H2,1-2H3,(H,10,11). The molecule has 4 nitrogen and oxygen atoms in total. The van der Waals surface area contributed by atoms with Gasteiger partial charge in [0.05, 0.1) is 0 Å². The zero-order valence-corrected chi connectivity index (χ0v) is 7.80. The molecule has 0 aromatic heterocycles. The van der Waals surface area contributed by atoms with Crippen LogP contribution in [0.15, 0.2) is 0 Å². The second-order valence-electron chi connectivity index (χ2n) is 2.73. The largest absolute Gasteiger partial charge is 0.369 e. The predicted octanol–water partition coefficient (Wildman–Crippen LogP) is 0.572. The van der Waals surface area contributed by atoms with E-state index in [0.29, 0.717) is 6.61 Å². The smallest absolute Gasteiger partial charge is 0.262 e. The van der Waals surface area contributed by atoms with E-state index in [1.807, 2.05) is 5.43 Å². The van der Waals surface area contributed by atoms with Crippen LogP contribution in [-0.2, 0) is 9.53 Å². The maximum Gasteiger partial charge on any atom is 0.262 e. The Labute approximate surface area is 73.4 Å². The van der Waals surface area contributed by atoms with Crippen LogP contribution in [-0.4, -0.2) is 18.6 Å². The molecule has 0 heterocycles. The number of ether oxygens (including phenoxy) is 1. The molecular weight excluding hydrogens is 156 g/mol. The molecule has 1 unspecified atom stereocenters. The van der Waals surface area contributed by atoms with E-state index in [0.717, 1.165) is 19.3 Å². The third-order valence-corrected chi connectivity index (χ3v) is 1.63. The Kier molecular flexibility index (Phi) is 6.70. The second-order valence-corrected chi connectivity index (χ2v) is 2.73. The number of nitrogens with one attached hydrogen (secondary N) is 1. The first-order chi connectivity index (χ1) is 5.72. The van der Waals surface area contributed by atoms with Gasteiger partial charge in [0.15, 0.2) is 0 Å². The average molecular weight is 174 g/mol. The Morgan fingerprint density at radius 3 is 2.75 bits per heavy atom. The van der Waals surface area contributed by atoms with Crippen molar-refractivity contribution in [1.82, 2.24) is 5.43 Å². The molecule has 12 heavy (non-hydrogen) atoms. The summed E-state index contributed by atoms with van der Waals surface area (Å²) in [5.74, 6) is 4.65. The third kappa shape index (κ3) is 5.09. The van der Waals surface area contributed by atoms with Crippen LogP contribution in [0.3, 0.4) is 0 Å². The summed E-state index contributed by atoms with van der Waals surface area (Å²) in [7, 11) is 0. The fourth-order valence-electron chi connectivity index (χ4n) is 0.805. The number of unbranched alkanes of at least 4 members (excludes halogenated alkanes) is 2. The molecule has 1 atom stereocenters. The molecular formula is C8H18N2O2. The molecule has 0 aliphatic rings. The molecule has 0 spiro atoms. The summed E-state index contributed by atoms with van der Waals surface area (Å²) < 4.78 is 5.20. The minimum Gasteiger partial charge on any atom is -0.369 e. The highest BCUT2D eigenvalue weighted by Crippen LogP contribution is 1.97. The normalized spacial score (nSPS) is 12.6. The van der Waals surface area contributed by atoms with Crippen LogP contribution in [0.25, 0.3) is 0 Å². The van der Waals surface area contributed by atoms with Crippen molar-refractivity contribution in [2.24, 2.45) is 5.84 Å². The molecule has 1 amide bonds. The Morgan fingerprint density at radius 2 is 2.25 bits per heavy atom. The van der Waals surface area contributed by atoms with Crippen molar-refractivity contribution < 1.29 is 9.53 Å². The van der Waals surface area contributed by atoms with Gasteiger partial charge in [-0.15, -0.1) is 0 Å². The van der Waals surface area contributed by atoms with E-state index >= 15 is 0 Å². The maximum atomic E-state index is 10.8. The summed E-state index contributed by atoms with van der Waals surface area (Å²) in [6.45, 7) is 4.44. The van der Waals surface area contributed by atoms with Gasteiger partial charge in [0.25, 0.3) is 5.91 Å². The van der Waals surface area contributed by atoms with Gasteiger partial charge in [-0.1, -0.05) is 19.8 Å².